The summed E-state index contributed by atoms with van der Waals surface area (Å²) < 4.78 is 10.9. The monoisotopic (exact) mass is 314 g/mol. The van der Waals surface area contributed by atoms with Gasteiger partial charge in [0.05, 0.1) is 5.71 Å². The molecule has 23 heavy (non-hydrogen) atoms. The number of nitrogens with zero attached hydrogens (tertiary/aromatic N) is 1. The van der Waals surface area contributed by atoms with Crippen LogP contribution in [-0.4, -0.2) is 18.2 Å². The van der Waals surface area contributed by atoms with Crippen LogP contribution in [0.15, 0.2) is 33.8 Å². The van der Waals surface area contributed by atoms with Gasteiger partial charge >= 0.3 is 0 Å². The summed E-state index contributed by atoms with van der Waals surface area (Å²) in [4.78, 5) is 11.8. The molecule has 0 radical (unpaired) electrons. The molecule has 1 amide bonds. The quantitative estimate of drug-likeness (QED) is 0.679. The molecule has 1 aromatic carbocycles. The van der Waals surface area contributed by atoms with E-state index in [9.17, 15) is 4.79 Å². The Morgan fingerprint density at radius 1 is 1.17 bits per heavy atom. The summed E-state index contributed by atoms with van der Waals surface area (Å²) in [6, 6.07) is 7.62. The van der Waals surface area contributed by atoms with Crippen LogP contribution in [0.2, 0.25) is 0 Å². The number of rotatable bonds is 5. The van der Waals surface area contributed by atoms with E-state index in [2.05, 4.69) is 10.5 Å². The molecule has 1 aromatic heterocycles. The second-order valence-electron chi connectivity index (χ2n) is 5.59. The van der Waals surface area contributed by atoms with Crippen molar-refractivity contribution in [3.63, 3.8) is 0 Å². The molecule has 0 bridgehead atoms. The van der Waals surface area contributed by atoms with Gasteiger partial charge in [-0.05, 0) is 63.9 Å². The molecule has 0 saturated heterocycles. The number of hydrogen-bond acceptors (Lipinski definition) is 4. The number of carbonyl (C=O) groups is 1. The number of amides is 1. The maximum absolute atomic E-state index is 11.8. The second kappa shape index (κ2) is 7.13. The van der Waals surface area contributed by atoms with E-state index in [4.69, 9.17) is 9.15 Å². The highest BCUT2D eigenvalue weighted by Gasteiger charge is 2.08. The lowest BCUT2D eigenvalue weighted by molar-refractivity contribution is -0.123. The number of nitrogens with one attached hydrogen (secondary N) is 1. The van der Waals surface area contributed by atoms with Gasteiger partial charge in [-0.1, -0.05) is 6.07 Å². The zero-order valence-electron chi connectivity index (χ0n) is 14.2. The minimum Gasteiger partial charge on any atom is -0.484 e. The Labute approximate surface area is 136 Å². The number of ether oxygens (including phenoxy) is 1. The van der Waals surface area contributed by atoms with E-state index in [1.807, 2.05) is 58.9 Å². The maximum atomic E-state index is 11.8. The van der Waals surface area contributed by atoms with Crippen LogP contribution in [0, 0.1) is 27.7 Å². The first-order valence-electron chi connectivity index (χ1n) is 7.47. The molecule has 1 N–H and O–H groups in total. The third-order valence-corrected chi connectivity index (χ3v) is 3.63. The van der Waals surface area contributed by atoms with E-state index in [1.165, 1.54) is 5.56 Å². The van der Waals surface area contributed by atoms with Crippen molar-refractivity contribution >= 4 is 11.6 Å². The number of carbonyl (C=O) groups excluding carboxylic acids is 1. The third kappa shape index (κ3) is 4.45. The van der Waals surface area contributed by atoms with Gasteiger partial charge in [0.25, 0.3) is 5.91 Å². The predicted octanol–water partition coefficient (Wildman–Crippen LogP) is 3.43. The molecule has 5 heteroatoms. The molecule has 0 aliphatic rings. The van der Waals surface area contributed by atoms with E-state index in [0.717, 1.165) is 22.6 Å². The molecule has 2 rings (SSSR count). The number of hydrazone groups is 1. The largest absolute Gasteiger partial charge is 0.484 e. The van der Waals surface area contributed by atoms with Crippen LogP contribution in [0.4, 0.5) is 0 Å². The molecule has 0 aliphatic carbocycles. The van der Waals surface area contributed by atoms with Crippen LogP contribution in [0.3, 0.4) is 0 Å². The fourth-order valence-electron chi connectivity index (χ4n) is 2.18. The first-order valence-corrected chi connectivity index (χ1v) is 7.47. The van der Waals surface area contributed by atoms with Gasteiger partial charge in [0.15, 0.2) is 6.61 Å². The summed E-state index contributed by atoms with van der Waals surface area (Å²) in [7, 11) is 0. The molecule has 122 valence electrons. The molecule has 0 saturated carbocycles. The highest BCUT2D eigenvalue weighted by atomic mass is 16.5. The van der Waals surface area contributed by atoms with Gasteiger partial charge in [-0.3, -0.25) is 4.79 Å². The number of aryl methyl sites for hydroxylation is 4. The van der Waals surface area contributed by atoms with Gasteiger partial charge in [0, 0.05) is 5.56 Å². The van der Waals surface area contributed by atoms with Crippen LogP contribution >= 0.6 is 0 Å². The Kier molecular flexibility index (Phi) is 5.21. The summed E-state index contributed by atoms with van der Waals surface area (Å²) in [5, 5.41) is 4.09. The molecule has 0 spiro atoms. The molecule has 0 aliphatic heterocycles. The average Bonchev–Trinajstić information content (AvgIpc) is 2.84. The summed E-state index contributed by atoms with van der Waals surface area (Å²) in [5.74, 6) is 1.96. The van der Waals surface area contributed by atoms with Crippen molar-refractivity contribution < 1.29 is 13.9 Å². The van der Waals surface area contributed by atoms with Crippen LogP contribution in [0.25, 0.3) is 0 Å². The number of furan rings is 1. The lowest BCUT2D eigenvalue weighted by Gasteiger charge is -2.07. The summed E-state index contributed by atoms with van der Waals surface area (Å²) in [5.41, 5.74) is 6.39. The lowest BCUT2D eigenvalue weighted by atomic mass is 10.1. The van der Waals surface area contributed by atoms with E-state index < -0.39 is 0 Å². The number of hydrogen-bond donors (Lipinski definition) is 1. The molecule has 1 heterocycles. The highest BCUT2D eigenvalue weighted by molar-refractivity contribution is 6.00. The highest BCUT2D eigenvalue weighted by Crippen LogP contribution is 2.16. The van der Waals surface area contributed by atoms with Crippen LogP contribution in [-0.2, 0) is 4.79 Å². The van der Waals surface area contributed by atoms with Gasteiger partial charge in [-0.15, -0.1) is 0 Å². The summed E-state index contributed by atoms with van der Waals surface area (Å²) >= 11 is 0. The molecular formula is C18H22N2O3. The number of benzene rings is 1. The van der Waals surface area contributed by atoms with E-state index in [0.29, 0.717) is 11.5 Å². The first kappa shape index (κ1) is 16.8. The zero-order valence-corrected chi connectivity index (χ0v) is 14.2. The van der Waals surface area contributed by atoms with Crippen molar-refractivity contribution in [2.75, 3.05) is 6.61 Å². The fraction of sp³-hybridized carbons (Fsp3) is 0.333. The van der Waals surface area contributed by atoms with Crippen molar-refractivity contribution in [2.45, 2.75) is 34.6 Å². The van der Waals surface area contributed by atoms with Gasteiger partial charge in [0.1, 0.15) is 17.3 Å². The Morgan fingerprint density at radius 2 is 1.91 bits per heavy atom. The second-order valence-corrected chi connectivity index (χ2v) is 5.59. The van der Waals surface area contributed by atoms with Crippen LogP contribution in [0.1, 0.15) is 35.1 Å². The normalized spacial score (nSPS) is 11.4. The first-order chi connectivity index (χ1) is 10.9. The standard InChI is InChI=1S/C18H22N2O3/c1-11-6-7-16(8-12(11)2)22-10-18(21)20-19-14(4)17-9-13(3)23-15(17)5/h6-9H,10H2,1-5H3,(H,20,21)/b19-14-. The Bertz CT molecular complexity index is 745. The smallest absolute Gasteiger partial charge is 0.277 e. The van der Waals surface area contributed by atoms with E-state index in [-0.39, 0.29) is 12.5 Å². The topological polar surface area (TPSA) is 63.8 Å². The van der Waals surface area contributed by atoms with Crippen molar-refractivity contribution in [2.24, 2.45) is 5.10 Å². The Hall–Kier alpha value is -2.56. The van der Waals surface area contributed by atoms with Gasteiger partial charge in [-0.25, -0.2) is 5.43 Å². The van der Waals surface area contributed by atoms with Crippen molar-refractivity contribution in [3.05, 3.63) is 52.5 Å². The van der Waals surface area contributed by atoms with E-state index in [1.54, 1.807) is 0 Å². The predicted molar refractivity (Wildman–Crippen MR) is 89.9 cm³/mol. The summed E-state index contributed by atoms with van der Waals surface area (Å²) in [6.07, 6.45) is 0. The molecule has 2 aromatic rings. The molecular weight excluding hydrogens is 292 g/mol. The Morgan fingerprint density at radius 3 is 2.52 bits per heavy atom. The minimum atomic E-state index is -0.305. The Balaban J connectivity index is 1.90. The van der Waals surface area contributed by atoms with Crippen LogP contribution < -0.4 is 10.2 Å². The van der Waals surface area contributed by atoms with Gasteiger partial charge in [0.2, 0.25) is 0 Å². The molecule has 0 unspecified atom stereocenters. The minimum absolute atomic E-state index is 0.0807. The zero-order chi connectivity index (χ0) is 17.0. The lowest BCUT2D eigenvalue weighted by Crippen LogP contribution is -2.25. The fourth-order valence-corrected chi connectivity index (χ4v) is 2.18. The van der Waals surface area contributed by atoms with Gasteiger partial charge in [-0.2, -0.15) is 5.10 Å². The molecule has 0 fully saturated rings. The molecule has 5 nitrogen and oxygen atoms in total. The molecule has 0 atom stereocenters. The maximum Gasteiger partial charge on any atom is 0.277 e. The van der Waals surface area contributed by atoms with Crippen molar-refractivity contribution in [1.82, 2.24) is 5.43 Å². The SMILES string of the molecule is C/C(=N/NC(=O)COc1ccc(C)c(C)c1)c1cc(C)oc1C. The summed E-state index contributed by atoms with van der Waals surface area (Å²) in [6.45, 7) is 9.52. The van der Waals surface area contributed by atoms with E-state index >= 15 is 0 Å². The van der Waals surface area contributed by atoms with Crippen molar-refractivity contribution in [1.29, 1.82) is 0 Å². The van der Waals surface area contributed by atoms with Gasteiger partial charge < -0.3 is 9.15 Å². The average molecular weight is 314 g/mol. The third-order valence-electron chi connectivity index (χ3n) is 3.63. The van der Waals surface area contributed by atoms with Crippen LogP contribution in [0.5, 0.6) is 5.75 Å². The van der Waals surface area contributed by atoms with Crippen molar-refractivity contribution in [3.8, 4) is 5.75 Å².